The second kappa shape index (κ2) is 7.85. The Morgan fingerprint density at radius 2 is 2.00 bits per heavy atom. The maximum absolute atomic E-state index is 11.5. The zero-order valence-electron chi connectivity index (χ0n) is 12.2. The van der Waals surface area contributed by atoms with Gasteiger partial charge in [-0.2, -0.15) is 5.10 Å². The van der Waals surface area contributed by atoms with Crippen molar-refractivity contribution >= 4 is 41.1 Å². The molecule has 0 aromatic heterocycles. The Morgan fingerprint density at radius 1 is 1.30 bits per heavy atom. The van der Waals surface area contributed by atoms with Crippen LogP contribution in [0.3, 0.4) is 0 Å². The van der Waals surface area contributed by atoms with Crippen molar-refractivity contribution in [3.8, 4) is 5.75 Å². The van der Waals surface area contributed by atoms with Gasteiger partial charge in [0.15, 0.2) is 0 Å². The summed E-state index contributed by atoms with van der Waals surface area (Å²) in [6.07, 6.45) is 1.40. The van der Waals surface area contributed by atoms with Crippen molar-refractivity contribution in [3.05, 3.63) is 57.6 Å². The Bertz CT molecular complexity index is 731. The summed E-state index contributed by atoms with van der Waals surface area (Å²) in [5, 5.41) is 14.4. The number of halogens is 2. The number of hydrazone groups is 1. The van der Waals surface area contributed by atoms with Crippen molar-refractivity contribution in [1.29, 1.82) is 0 Å². The van der Waals surface area contributed by atoms with E-state index in [2.05, 4.69) is 10.5 Å². The number of benzene rings is 2. The van der Waals surface area contributed by atoms with Gasteiger partial charge in [-0.15, -0.1) is 0 Å². The van der Waals surface area contributed by atoms with Crippen molar-refractivity contribution in [2.45, 2.75) is 6.92 Å². The van der Waals surface area contributed by atoms with Crippen LogP contribution in [-0.4, -0.2) is 23.9 Å². The van der Waals surface area contributed by atoms with Crippen LogP contribution in [0.2, 0.25) is 10.0 Å². The first-order valence-electron chi connectivity index (χ1n) is 6.75. The van der Waals surface area contributed by atoms with E-state index in [0.29, 0.717) is 28.4 Å². The summed E-state index contributed by atoms with van der Waals surface area (Å²) in [5.41, 5.74) is 4.29. The Labute approximate surface area is 143 Å². The lowest BCUT2D eigenvalue weighted by Crippen LogP contribution is -2.04. The second-order valence-electron chi connectivity index (χ2n) is 4.49. The van der Waals surface area contributed by atoms with Crippen molar-refractivity contribution in [2.24, 2.45) is 5.10 Å². The summed E-state index contributed by atoms with van der Waals surface area (Å²) in [7, 11) is 0. The van der Waals surface area contributed by atoms with E-state index in [1.165, 1.54) is 18.3 Å². The minimum Gasteiger partial charge on any atom is -0.506 e. The molecular weight excluding hydrogens is 339 g/mol. The quantitative estimate of drug-likeness (QED) is 0.477. The Hall–Kier alpha value is -2.24. The lowest BCUT2D eigenvalue weighted by molar-refractivity contribution is 0.0526. The molecule has 0 radical (unpaired) electrons. The third-order valence-electron chi connectivity index (χ3n) is 2.85. The highest BCUT2D eigenvalue weighted by atomic mass is 35.5. The van der Waals surface area contributed by atoms with Gasteiger partial charge in [0.05, 0.1) is 29.1 Å². The van der Waals surface area contributed by atoms with Gasteiger partial charge in [0.25, 0.3) is 0 Å². The first-order valence-corrected chi connectivity index (χ1v) is 7.51. The van der Waals surface area contributed by atoms with Crippen LogP contribution >= 0.6 is 23.2 Å². The molecule has 0 bridgehead atoms. The molecule has 5 nitrogen and oxygen atoms in total. The van der Waals surface area contributed by atoms with E-state index >= 15 is 0 Å². The number of phenols is 1. The topological polar surface area (TPSA) is 70.9 Å². The number of nitrogens with one attached hydrogen (secondary N) is 1. The average Bonchev–Trinajstić information content (AvgIpc) is 2.53. The number of hydrogen-bond acceptors (Lipinski definition) is 5. The monoisotopic (exact) mass is 352 g/mol. The van der Waals surface area contributed by atoms with Gasteiger partial charge in [-0.1, -0.05) is 23.2 Å². The number of esters is 1. The van der Waals surface area contributed by atoms with Gasteiger partial charge in [0, 0.05) is 10.6 Å². The summed E-state index contributed by atoms with van der Waals surface area (Å²) in [5.74, 6) is -0.472. The number of hydrogen-bond donors (Lipinski definition) is 2. The number of carbonyl (C=O) groups excluding carboxylic acids is 1. The molecule has 0 spiro atoms. The predicted octanol–water partition coefficient (Wildman–Crippen LogP) is 4.32. The minimum atomic E-state index is -0.374. The highest BCUT2D eigenvalue weighted by Gasteiger charge is 2.06. The normalized spacial score (nSPS) is 10.7. The van der Waals surface area contributed by atoms with Gasteiger partial charge in [-0.05, 0) is 43.3 Å². The molecule has 0 aliphatic carbocycles. The van der Waals surface area contributed by atoms with Crippen molar-refractivity contribution in [3.63, 3.8) is 0 Å². The lowest BCUT2D eigenvalue weighted by Gasteiger charge is -2.04. The van der Waals surface area contributed by atoms with Crippen LogP contribution in [0, 0.1) is 0 Å². The summed E-state index contributed by atoms with van der Waals surface area (Å²) in [6, 6.07) is 9.62. The van der Waals surface area contributed by atoms with Crippen LogP contribution in [-0.2, 0) is 4.74 Å². The van der Waals surface area contributed by atoms with Crippen LogP contribution in [0.1, 0.15) is 22.8 Å². The minimum absolute atomic E-state index is 0.0979. The molecule has 2 aromatic rings. The third kappa shape index (κ3) is 4.61. The molecule has 0 aliphatic rings. The molecule has 0 atom stereocenters. The van der Waals surface area contributed by atoms with Gasteiger partial charge in [0.1, 0.15) is 5.75 Å². The largest absolute Gasteiger partial charge is 0.506 e. The van der Waals surface area contributed by atoms with Crippen LogP contribution in [0.5, 0.6) is 5.75 Å². The molecule has 0 saturated carbocycles. The number of aromatic hydroxyl groups is 1. The number of carbonyl (C=O) groups is 1. The Morgan fingerprint density at radius 3 is 2.65 bits per heavy atom. The Balaban J connectivity index is 2.05. The maximum atomic E-state index is 11.5. The highest BCUT2D eigenvalue weighted by Crippen LogP contribution is 2.30. The summed E-state index contributed by atoms with van der Waals surface area (Å²) >= 11 is 11.7. The van der Waals surface area contributed by atoms with E-state index in [-0.39, 0.29) is 16.7 Å². The fourth-order valence-corrected chi connectivity index (χ4v) is 2.27. The molecule has 0 unspecified atom stereocenters. The number of ether oxygens (including phenoxy) is 1. The van der Waals surface area contributed by atoms with E-state index in [4.69, 9.17) is 27.9 Å². The molecular formula is C16H14Cl2N2O3. The van der Waals surface area contributed by atoms with E-state index in [1.54, 1.807) is 31.2 Å². The van der Waals surface area contributed by atoms with Crippen molar-refractivity contribution < 1.29 is 14.6 Å². The van der Waals surface area contributed by atoms with E-state index < -0.39 is 0 Å². The average molecular weight is 353 g/mol. The molecule has 2 aromatic carbocycles. The molecule has 7 heteroatoms. The van der Waals surface area contributed by atoms with Crippen LogP contribution in [0.4, 0.5) is 5.69 Å². The fourth-order valence-electron chi connectivity index (χ4n) is 1.76. The maximum Gasteiger partial charge on any atom is 0.338 e. The lowest BCUT2D eigenvalue weighted by atomic mass is 10.2. The van der Waals surface area contributed by atoms with E-state index in [0.717, 1.165) is 0 Å². The SMILES string of the molecule is CCOC(=O)c1ccc(NN=Cc2cc(Cl)cc(Cl)c2O)cc1. The molecule has 0 aliphatic heterocycles. The smallest absolute Gasteiger partial charge is 0.338 e. The van der Waals surface area contributed by atoms with E-state index in [9.17, 15) is 9.90 Å². The molecule has 0 saturated heterocycles. The number of anilines is 1. The third-order valence-corrected chi connectivity index (χ3v) is 3.36. The molecule has 0 fully saturated rings. The number of nitrogens with zero attached hydrogens (tertiary/aromatic N) is 1. The molecule has 120 valence electrons. The van der Waals surface area contributed by atoms with Gasteiger partial charge in [-0.25, -0.2) is 4.79 Å². The zero-order chi connectivity index (χ0) is 16.8. The molecule has 0 heterocycles. The fraction of sp³-hybridized carbons (Fsp3) is 0.125. The van der Waals surface area contributed by atoms with Gasteiger partial charge >= 0.3 is 5.97 Å². The molecule has 2 rings (SSSR count). The highest BCUT2D eigenvalue weighted by molar-refractivity contribution is 6.36. The summed E-state index contributed by atoms with van der Waals surface area (Å²) in [4.78, 5) is 11.5. The Kier molecular flexibility index (Phi) is 5.84. The standard InChI is InChI=1S/C16H14Cl2N2O3/c1-2-23-16(22)10-3-5-13(6-4-10)20-19-9-11-7-12(17)8-14(18)15(11)21/h3-9,20-21H,2H2,1H3. The summed E-state index contributed by atoms with van der Waals surface area (Å²) in [6.45, 7) is 2.08. The molecule has 2 N–H and O–H groups in total. The van der Waals surface area contributed by atoms with E-state index in [1.807, 2.05) is 0 Å². The van der Waals surface area contributed by atoms with Crippen molar-refractivity contribution in [1.82, 2.24) is 0 Å². The zero-order valence-corrected chi connectivity index (χ0v) is 13.7. The number of phenolic OH excluding ortho intramolecular Hbond substituents is 1. The van der Waals surface area contributed by atoms with Crippen LogP contribution < -0.4 is 5.43 Å². The summed E-state index contributed by atoms with van der Waals surface area (Å²) < 4.78 is 4.90. The van der Waals surface area contributed by atoms with Crippen LogP contribution in [0.25, 0.3) is 0 Å². The van der Waals surface area contributed by atoms with Crippen LogP contribution in [0.15, 0.2) is 41.5 Å². The first kappa shape index (κ1) is 17.1. The first-order chi connectivity index (χ1) is 11.0. The predicted molar refractivity (Wildman–Crippen MR) is 91.7 cm³/mol. The molecule has 0 amide bonds. The molecule has 23 heavy (non-hydrogen) atoms. The van der Waals surface area contributed by atoms with Gasteiger partial charge in [-0.3, -0.25) is 5.43 Å². The number of rotatable bonds is 5. The van der Waals surface area contributed by atoms with Gasteiger partial charge in [0.2, 0.25) is 0 Å². The van der Waals surface area contributed by atoms with Crippen molar-refractivity contribution in [2.75, 3.05) is 12.0 Å². The van der Waals surface area contributed by atoms with Gasteiger partial charge < -0.3 is 9.84 Å². The second-order valence-corrected chi connectivity index (χ2v) is 5.34.